The first-order valence-corrected chi connectivity index (χ1v) is 8.00. The average Bonchev–Trinajstić information content (AvgIpc) is 2.62. The number of carbonyl (C=O) groups is 1. The largest absolute Gasteiger partial charge is 0.295 e. The molecule has 5 nitrogen and oxygen atoms in total. The molecule has 0 aliphatic rings. The van der Waals surface area contributed by atoms with Crippen LogP contribution in [0.3, 0.4) is 0 Å². The van der Waals surface area contributed by atoms with Crippen molar-refractivity contribution in [3.05, 3.63) is 60.8 Å². The number of hydrogen-bond donors (Lipinski definition) is 1. The van der Waals surface area contributed by atoms with Gasteiger partial charge in [-0.15, -0.1) is 0 Å². The van der Waals surface area contributed by atoms with Gasteiger partial charge in [-0.3, -0.25) is 15.1 Å². The first kappa shape index (κ1) is 16.7. The lowest BCUT2D eigenvalue weighted by atomic mass is 10.0. The van der Waals surface area contributed by atoms with E-state index in [9.17, 15) is 9.18 Å². The highest BCUT2D eigenvalue weighted by Gasteiger charge is 2.13. The topological polar surface area (TPSA) is 67.8 Å². The monoisotopic (exact) mass is 336 g/mol. The molecule has 0 fully saturated rings. The van der Waals surface area contributed by atoms with E-state index in [1.807, 2.05) is 19.1 Å². The number of anilines is 1. The third-order valence-corrected chi connectivity index (χ3v) is 3.61. The summed E-state index contributed by atoms with van der Waals surface area (Å²) in [5, 5.41) is 2.68. The fourth-order valence-electron chi connectivity index (χ4n) is 2.45. The van der Waals surface area contributed by atoms with E-state index in [-0.39, 0.29) is 17.7 Å². The molecule has 0 aliphatic heterocycles. The zero-order valence-corrected chi connectivity index (χ0v) is 13.7. The minimum absolute atomic E-state index is 0.149. The second-order valence-electron chi connectivity index (χ2n) is 5.50. The molecule has 3 aromatic rings. The van der Waals surface area contributed by atoms with Crippen molar-refractivity contribution in [3.8, 4) is 22.4 Å². The molecule has 0 aliphatic carbocycles. The smallest absolute Gasteiger partial charge is 0.229 e. The van der Waals surface area contributed by atoms with Crippen LogP contribution in [0.4, 0.5) is 10.3 Å². The Balaban J connectivity index is 2.08. The van der Waals surface area contributed by atoms with E-state index in [2.05, 4.69) is 20.3 Å². The van der Waals surface area contributed by atoms with Crippen LogP contribution in [0.25, 0.3) is 22.4 Å². The maximum Gasteiger partial charge on any atom is 0.229 e. The van der Waals surface area contributed by atoms with Crippen LogP contribution in [-0.4, -0.2) is 20.9 Å². The van der Waals surface area contributed by atoms with Crippen LogP contribution in [-0.2, 0) is 4.79 Å². The van der Waals surface area contributed by atoms with Crippen LogP contribution in [0.5, 0.6) is 0 Å². The van der Waals surface area contributed by atoms with Crippen LogP contribution in [0.2, 0.25) is 0 Å². The van der Waals surface area contributed by atoms with E-state index in [4.69, 9.17) is 0 Å². The van der Waals surface area contributed by atoms with E-state index in [1.165, 1.54) is 12.1 Å². The molecule has 0 atom stereocenters. The quantitative estimate of drug-likeness (QED) is 0.762. The summed E-state index contributed by atoms with van der Waals surface area (Å²) in [6.45, 7) is 1.92. The van der Waals surface area contributed by atoms with Crippen LogP contribution < -0.4 is 5.32 Å². The molecule has 1 amide bonds. The van der Waals surface area contributed by atoms with Gasteiger partial charge >= 0.3 is 0 Å². The number of carbonyl (C=O) groups excluding carboxylic acids is 1. The van der Waals surface area contributed by atoms with Gasteiger partial charge in [0, 0.05) is 36.1 Å². The Morgan fingerprint density at radius 1 is 1.16 bits per heavy atom. The molecular weight excluding hydrogens is 319 g/mol. The summed E-state index contributed by atoms with van der Waals surface area (Å²) >= 11 is 0. The number of nitrogens with zero attached hydrogens (tertiary/aromatic N) is 3. The first-order chi connectivity index (χ1) is 12.2. The van der Waals surface area contributed by atoms with Crippen molar-refractivity contribution >= 4 is 11.9 Å². The molecule has 1 aromatic carbocycles. The Hall–Kier alpha value is -3.15. The van der Waals surface area contributed by atoms with Crippen molar-refractivity contribution in [3.63, 3.8) is 0 Å². The summed E-state index contributed by atoms with van der Waals surface area (Å²) in [4.78, 5) is 24.5. The molecule has 0 bridgehead atoms. The molecule has 1 N–H and O–H groups in total. The number of halogens is 1. The van der Waals surface area contributed by atoms with E-state index in [0.29, 0.717) is 17.7 Å². The Morgan fingerprint density at radius 3 is 2.68 bits per heavy atom. The van der Waals surface area contributed by atoms with Gasteiger partial charge in [0.15, 0.2) is 0 Å². The van der Waals surface area contributed by atoms with Crippen molar-refractivity contribution in [2.45, 2.75) is 19.8 Å². The van der Waals surface area contributed by atoms with Crippen molar-refractivity contribution < 1.29 is 9.18 Å². The molecule has 25 heavy (non-hydrogen) atoms. The van der Waals surface area contributed by atoms with E-state index in [1.54, 1.807) is 30.7 Å². The van der Waals surface area contributed by atoms with Gasteiger partial charge in [0.05, 0.1) is 5.69 Å². The summed E-state index contributed by atoms with van der Waals surface area (Å²) in [6, 6.07) is 9.84. The predicted octanol–water partition coefficient (Wildman–Crippen LogP) is 4.08. The van der Waals surface area contributed by atoms with Crippen LogP contribution in [0.15, 0.2) is 55.0 Å². The molecule has 0 unspecified atom stereocenters. The predicted molar refractivity (Wildman–Crippen MR) is 94.2 cm³/mol. The summed E-state index contributed by atoms with van der Waals surface area (Å²) < 4.78 is 13.7. The van der Waals surface area contributed by atoms with Crippen molar-refractivity contribution in [2.75, 3.05) is 5.32 Å². The number of pyridine rings is 1. The van der Waals surface area contributed by atoms with Crippen LogP contribution >= 0.6 is 0 Å². The molecule has 2 heterocycles. The SMILES string of the molecule is CCCC(=O)Nc1ncc(-c2ccncc2)c(-c2cccc(F)c2)n1. The highest BCUT2D eigenvalue weighted by molar-refractivity contribution is 5.90. The zero-order chi connectivity index (χ0) is 17.6. The summed E-state index contributed by atoms with van der Waals surface area (Å²) in [7, 11) is 0. The lowest BCUT2D eigenvalue weighted by Gasteiger charge is -2.11. The number of amides is 1. The maximum absolute atomic E-state index is 13.7. The van der Waals surface area contributed by atoms with Gasteiger partial charge in [0.25, 0.3) is 0 Å². The number of hydrogen-bond acceptors (Lipinski definition) is 4. The fraction of sp³-hybridized carbons (Fsp3) is 0.158. The molecule has 0 radical (unpaired) electrons. The Kier molecular flexibility index (Phi) is 5.09. The Labute approximate surface area is 145 Å². The van der Waals surface area contributed by atoms with Gasteiger partial charge in [-0.25, -0.2) is 14.4 Å². The number of rotatable bonds is 5. The highest BCUT2D eigenvalue weighted by atomic mass is 19.1. The van der Waals surface area contributed by atoms with Gasteiger partial charge in [-0.1, -0.05) is 19.1 Å². The third kappa shape index (κ3) is 4.03. The number of aromatic nitrogens is 3. The zero-order valence-electron chi connectivity index (χ0n) is 13.7. The van der Waals surface area contributed by atoms with Gasteiger partial charge in [-0.05, 0) is 36.2 Å². The van der Waals surface area contributed by atoms with E-state index < -0.39 is 0 Å². The third-order valence-electron chi connectivity index (χ3n) is 3.61. The fourth-order valence-corrected chi connectivity index (χ4v) is 2.45. The Morgan fingerprint density at radius 2 is 1.96 bits per heavy atom. The van der Waals surface area contributed by atoms with Gasteiger partial charge < -0.3 is 0 Å². The van der Waals surface area contributed by atoms with E-state index in [0.717, 1.165) is 17.5 Å². The summed E-state index contributed by atoms with van der Waals surface area (Å²) in [6.07, 6.45) is 6.09. The summed E-state index contributed by atoms with van der Waals surface area (Å²) in [5.41, 5.74) is 2.76. The van der Waals surface area contributed by atoms with E-state index >= 15 is 0 Å². The van der Waals surface area contributed by atoms with Gasteiger partial charge in [0.1, 0.15) is 5.82 Å². The molecular formula is C19H17FN4O. The molecule has 6 heteroatoms. The number of nitrogens with one attached hydrogen (secondary N) is 1. The standard InChI is InChI=1S/C19H17FN4O/c1-2-4-17(25)23-19-22-12-16(13-7-9-21-10-8-13)18(24-19)14-5-3-6-15(20)11-14/h3,5-12H,2,4H2,1H3,(H,22,23,24,25). The highest BCUT2D eigenvalue weighted by Crippen LogP contribution is 2.30. The lowest BCUT2D eigenvalue weighted by Crippen LogP contribution is -2.13. The molecule has 0 saturated carbocycles. The molecule has 126 valence electrons. The molecule has 0 spiro atoms. The molecule has 0 saturated heterocycles. The minimum Gasteiger partial charge on any atom is -0.295 e. The van der Waals surface area contributed by atoms with Crippen LogP contribution in [0, 0.1) is 5.82 Å². The van der Waals surface area contributed by atoms with Crippen LogP contribution in [0.1, 0.15) is 19.8 Å². The summed E-state index contributed by atoms with van der Waals surface area (Å²) in [5.74, 6) is -0.298. The second kappa shape index (κ2) is 7.61. The number of benzene rings is 1. The first-order valence-electron chi connectivity index (χ1n) is 8.00. The molecule has 2 aromatic heterocycles. The second-order valence-corrected chi connectivity index (χ2v) is 5.50. The van der Waals surface area contributed by atoms with Gasteiger partial charge in [0.2, 0.25) is 11.9 Å². The normalized spacial score (nSPS) is 10.5. The van der Waals surface area contributed by atoms with Gasteiger partial charge in [-0.2, -0.15) is 0 Å². The van der Waals surface area contributed by atoms with Crippen molar-refractivity contribution in [2.24, 2.45) is 0 Å². The van der Waals surface area contributed by atoms with Crippen molar-refractivity contribution in [1.29, 1.82) is 0 Å². The minimum atomic E-state index is -0.353. The van der Waals surface area contributed by atoms with Crippen molar-refractivity contribution in [1.82, 2.24) is 15.0 Å². The Bertz CT molecular complexity index is 884. The average molecular weight is 336 g/mol. The molecule has 3 rings (SSSR count). The lowest BCUT2D eigenvalue weighted by molar-refractivity contribution is -0.116. The maximum atomic E-state index is 13.7.